The Morgan fingerprint density at radius 3 is 2.76 bits per heavy atom. The van der Waals surface area contributed by atoms with Crippen LogP contribution >= 0.6 is 0 Å². The minimum atomic E-state index is -0.741. The van der Waals surface area contributed by atoms with Crippen LogP contribution in [0.2, 0.25) is 0 Å². The Morgan fingerprint density at radius 1 is 1.43 bits per heavy atom. The second-order valence-electron chi connectivity index (χ2n) is 4.31. The fraction of sp³-hybridized carbons (Fsp3) is 0.400. The van der Waals surface area contributed by atoms with Gasteiger partial charge in [-0.25, -0.2) is 4.39 Å². The number of nitrogens with zero attached hydrogens (tertiary/aromatic N) is 1. The van der Waals surface area contributed by atoms with Crippen molar-refractivity contribution in [1.82, 2.24) is 10.6 Å². The Balaban J connectivity index is 2.38. The van der Waals surface area contributed by atoms with Gasteiger partial charge in [0.1, 0.15) is 24.3 Å². The third-order valence-corrected chi connectivity index (χ3v) is 2.47. The Bertz CT molecular complexity index is 449. The van der Waals surface area contributed by atoms with Crippen molar-refractivity contribution in [2.75, 3.05) is 26.2 Å². The highest BCUT2D eigenvalue weighted by Gasteiger charge is 2.05. The predicted octanol–water partition coefficient (Wildman–Crippen LogP) is 1.31. The second-order valence-corrected chi connectivity index (χ2v) is 4.31. The van der Waals surface area contributed by atoms with Gasteiger partial charge in [0.25, 0.3) is 0 Å². The van der Waals surface area contributed by atoms with Crippen molar-refractivity contribution in [2.45, 2.75) is 13.0 Å². The summed E-state index contributed by atoms with van der Waals surface area (Å²) in [5.41, 5.74) is 0. The first-order chi connectivity index (χ1) is 10.2. The third kappa shape index (κ3) is 7.31. The van der Waals surface area contributed by atoms with Crippen LogP contribution < -0.4 is 15.4 Å². The van der Waals surface area contributed by atoms with E-state index in [9.17, 15) is 9.50 Å². The molecule has 0 radical (unpaired) electrons. The van der Waals surface area contributed by atoms with Gasteiger partial charge in [0, 0.05) is 13.1 Å². The molecule has 116 valence electrons. The lowest BCUT2D eigenvalue weighted by Gasteiger charge is -2.13. The number of nitrogens with one attached hydrogen (secondary N) is 2. The van der Waals surface area contributed by atoms with Crippen molar-refractivity contribution in [3.8, 4) is 5.75 Å². The van der Waals surface area contributed by atoms with E-state index in [1.165, 1.54) is 24.3 Å². The number of hydrogen-bond donors (Lipinski definition) is 3. The smallest absolute Gasteiger partial charge is 0.191 e. The number of rotatable bonds is 8. The maximum atomic E-state index is 12.7. The molecule has 1 aromatic rings. The van der Waals surface area contributed by atoms with Gasteiger partial charge in [-0.3, -0.25) is 4.99 Å². The monoisotopic (exact) mass is 295 g/mol. The number of aliphatic hydroxyl groups excluding tert-OH is 1. The van der Waals surface area contributed by atoms with Gasteiger partial charge < -0.3 is 20.5 Å². The van der Waals surface area contributed by atoms with Crippen molar-refractivity contribution in [3.05, 3.63) is 42.7 Å². The van der Waals surface area contributed by atoms with Gasteiger partial charge in [-0.1, -0.05) is 6.08 Å². The third-order valence-electron chi connectivity index (χ3n) is 2.47. The normalized spacial score (nSPS) is 12.6. The van der Waals surface area contributed by atoms with Crippen molar-refractivity contribution in [3.63, 3.8) is 0 Å². The van der Waals surface area contributed by atoms with Gasteiger partial charge in [-0.05, 0) is 31.2 Å². The first kappa shape index (κ1) is 17.0. The first-order valence-electron chi connectivity index (χ1n) is 6.85. The summed E-state index contributed by atoms with van der Waals surface area (Å²) in [5, 5.41) is 15.9. The van der Waals surface area contributed by atoms with Crippen LogP contribution in [-0.4, -0.2) is 43.4 Å². The zero-order valence-electron chi connectivity index (χ0n) is 12.2. The Hall–Kier alpha value is -2.08. The fourth-order valence-electron chi connectivity index (χ4n) is 1.48. The van der Waals surface area contributed by atoms with E-state index >= 15 is 0 Å². The SMILES string of the molecule is C=CCNC(=NCC(O)COc1ccc(F)cc1)NCC. The van der Waals surface area contributed by atoms with Crippen LogP contribution in [0, 0.1) is 5.82 Å². The summed E-state index contributed by atoms with van der Waals surface area (Å²) in [5.74, 6) is 0.797. The maximum Gasteiger partial charge on any atom is 0.191 e. The largest absolute Gasteiger partial charge is 0.491 e. The van der Waals surface area contributed by atoms with Crippen LogP contribution in [0.3, 0.4) is 0 Å². The van der Waals surface area contributed by atoms with Crippen LogP contribution in [0.15, 0.2) is 41.9 Å². The highest BCUT2D eigenvalue weighted by atomic mass is 19.1. The van der Waals surface area contributed by atoms with E-state index in [1.54, 1.807) is 6.08 Å². The molecule has 0 saturated carbocycles. The van der Waals surface area contributed by atoms with Gasteiger partial charge in [0.15, 0.2) is 5.96 Å². The predicted molar refractivity (Wildman–Crippen MR) is 82.1 cm³/mol. The van der Waals surface area contributed by atoms with E-state index < -0.39 is 6.10 Å². The van der Waals surface area contributed by atoms with Gasteiger partial charge in [0.2, 0.25) is 0 Å². The zero-order valence-corrected chi connectivity index (χ0v) is 12.2. The molecule has 0 aromatic heterocycles. The average Bonchev–Trinajstić information content (AvgIpc) is 2.49. The van der Waals surface area contributed by atoms with E-state index in [-0.39, 0.29) is 19.0 Å². The summed E-state index contributed by atoms with van der Waals surface area (Å²) in [6, 6.07) is 5.65. The highest BCUT2D eigenvalue weighted by molar-refractivity contribution is 5.79. The summed E-state index contributed by atoms with van der Waals surface area (Å²) in [6.45, 7) is 7.19. The van der Waals surface area contributed by atoms with E-state index in [2.05, 4.69) is 22.2 Å². The van der Waals surface area contributed by atoms with Crippen LogP contribution in [0.5, 0.6) is 5.75 Å². The summed E-state index contributed by atoms with van der Waals surface area (Å²) in [7, 11) is 0. The molecule has 1 unspecified atom stereocenters. The minimum absolute atomic E-state index is 0.0932. The number of ether oxygens (including phenoxy) is 1. The molecule has 3 N–H and O–H groups in total. The summed E-state index contributed by atoms with van der Waals surface area (Å²) >= 11 is 0. The molecule has 0 amide bonds. The van der Waals surface area contributed by atoms with E-state index in [4.69, 9.17) is 4.74 Å². The molecule has 6 heteroatoms. The number of benzene rings is 1. The summed E-state index contributed by atoms with van der Waals surface area (Å²) < 4.78 is 18.1. The molecule has 0 aliphatic heterocycles. The molecule has 21 heavy (non-hydrogen) atoms. The summed E-state index contributed by atoms with van der Waals surface area (Å²) in [4.78, 5) is 4.23. The molecule has 0 fully saturated rings. The van der Waals surface area contributed by atoms with E-state index in [0.29, 0.717) is 18.3 Å². The number of hydrogen-bond acceptors (Lipinski definition) is 3. The van der Waals surface area contributed by atoms with Crippen molar-refractivity contribution in [2.24, 2.45) is 4.99 Å². The summed E-state index contributed by atoms with van der Waals surface area (Å²) in [6.07, 6.45) is 0.982. The zero-order chi connectivity index (χ0) is 15.5. The van der Waals surface area contributed by atoms with Crippen LogP contribution in [0.25, 0.3) is 0 Å². The standard InChI is InChI=1S/C15H22FN3O2/c1-3-9-18-15(17-4-2)19-10-13(20)11-21-14-7-5-12(16)6-8-14/h3,5-8,13,20H,1,4,9-11H2,2H3,(H2,17,18,19). The lowest BCUT2D eigenvalue weighted by molar-refractivity contribution is 0.114. The Kier molecular flexibility index (Phi) is 7.89. The van der Waals surface area contributed by atoms with E-state index in [1.807, 2.05) is 6.92 Å². The Labute approximate surface area is 124 Å². The lowest BCUT2D eigenvalue weighted by atomic mass is 10.3. The topological polar surface area (TPSA) is 65.9 Å². The van der Waals surface area contributed by atoms with E-state index in [0.717, 1.165) is 6.54 Å². The molecule has 1 aromatic carbocycles. The molecule has 0 spiro atoms. The van der Waals surface area contributed by atoms with Crippen LogP contribution in [-0.2, 0) is 0 Å². The fourth-order valence-corrected chi connectivity index (χ4v) is 1.48. The number of halogens is 1. The molecular formula is C15H22FN3O2. The van der Waals surface area contributed by atoms with Crippen molar-refractivity contribution in [1.29, 1.82) is 0 Å². The number of guanidine groups is 1. The maximum absolute atomic E-state index is 12.7. The lowest BCUT2D eigenvalue weighted by Crippen LogP contribution is -2.38. The average molecular weight is 295 g/mol. The molecule has 1 atom stereocenters. The van der Waals surface area contributed by atoms with Gasteiger partial charge in [-0.15, -0.1) is 6.58 Å². The molecule has 0 bridgehead atoms. The molecule has 5 nitrogen and oxygen atoms in total. The number of aliphatic hydroxyl groups is 1. The van der Waals surface area contributed by atoms with Gasteiger partial charge in [-0.2, -0.15) is 0 Å². The van der Waals surface area contributed by atoms with Gasteiger partial charge >= 0.3 is 0 Å². The molecule has 0 aliphatic rings. The molecule has 0 heterocycles. The number of aliphatic imine (C=N–C) groups is 1. The first-order valence-corrected chi connectivity index (χ1v) is 6.85. The quantitative estimate of drug-likeness (QED) is 0.384. The van der Waals surface area contributed by atoms with Crippen molar-refractivity contribution < 1.29 is 14.2 Å². The highest BCUT2D eigenvalue weighted by Crippen LogP contribution is 2.11. The minimum Gasteiger partial charge on any atom is -0.491 e. The molecule has 1 rings (SSSR count). The second kappa shape index (κ2) is 9.77. The van der Waals surface area contributed by atoms with Crippen LogP contribution in [0.4, 0.5) is 4.39 Å². The molecule has 0 saturated heterocycles. The Morgan fingerprint density at radius 2 is 2.14 bits per heavy atom. The van der Waals surface area contributed by atoms with Gasteiger partial charge in [0.05, 0.1) is 6.54 Å². The molecular weight excluding hydrogens is 273 g/mol. The van der Waals surface area contributed by atoms with Crippen molar-refractivity contribution >= 4 is 5.96 Å². The van der Waals surface area contributed by atoms with Crippen LogP contribution in [0.1, 0.15) is 6.92 Å². The molecule has 0 aliphatic carbocycles.